The molecule has 4 nitrogen and oxygen atoms in total. The van der Waals surface area contributed by atoms with Crippen molar-refractivity contribution in [1.82, 2.24) is 19.7 Å². The van der Waals surface area contributed by atoms with Crippen LogP contribution in [0, 0.1) is 5.82 Å². The van der Waals surface area contributed by atoms with Gasteiger partial charge in [-0.15, -0.1) is 0 Å². The monoisotopic (exact) mass is 322 g/mol. The lowest BCUT2D eigenvalue weighted by atomic mass is 10.1. The van der Waals surface area contributed by atoms with Crippen LogP contribution in [0.1, 0.15) is 30.0 Å². The zero-order valence-corrected chi connectivity index (χ0v) is 13.3. The Hall–Kier alpha value is -2.53. The third kappa shape index (κ3) is 3.08. The van der Waals surface area contributed by atoms with Gasteiger partial charge in [0, 0.05) is 36.7 Å². The maximum absolute atomic E-state index is 13.4. The average molecular weight is 322 g/mol. The van der Waals surface area contributed by atoms with Gasteiger partial charge in [0.2, 0.25) is 0 Å². The van der Waals surface area contributed by atoms with Gasteiger partial charge in [0.25, 0.3) is 0 Å². The highest BCUT2D eigenvalue weighted by molar-refractivity contribution is 5.31. The summed E-state index contributed by atoms with van der Waals surface area (Å²) in [6.07, 6.45) is 9.96. The first-order valence-electron chi connectivity index (χ1n) is 8.23. The standard InChI is InChI=1S/C19H19FN4/c20-17-5-1-6-18(10-17)24-14-15(11-22-24)13-23-9-3-7-19(23)16-4-2-8-21-12-16/h1-2,4-6,8,10-12,14,19H,3,7,9,13H2. The maximum Gasteiger partial charge on any atom is 0.125 e. The van der Waals surface area contributed by atoms with Crippen LogP contribution in [0.5, 0.6) is 0 Å². The van der Waals surface area contributed by atoms with Crippen molar-refractivity contribution in [2.45, 2.75) is 25.4 Å². The van der Waals surface area contributed by atoms with Gasteiger partial charge in [0.15, 0.2) is 0 Å². The predicted octanol–water partition coefficient (Wildman–Crippen LogP) is 3.74. The molecular weight excluding hydrogens is 303 g/mol. The Labute approximate surface area is 140 Å². The fourth-order valence-electron chi connectivity index (χ4n) is 3.40. The van der Waals surface area contributed by atoms with Crippen LogP contribution >= 0.6 is 0 Å². The highest BCUT2D eigenvalue weighted by Gasteiger charge is 2.26. The van der Waals surface area contributed by atoms with E-state index in [0.29, 0.717) is 6.04 Å². The molecule has 1 saturated heterocycles. The van der Waals surface area contributed by atoms with Crippen molar-refractivity contribution in [2.24, 2.45) is 0 Å². The van der Waals surface area contributed by atoms with Crippen LogP contribution < -0.4 is 0 Å². The molecule has 0 aliphatic carbocycles. The number of pyridine rings is 1. The largest absolute Gasteiger partial charge is 0.292 e. The number of benzene rings is 1. The molecule has 5 heteroatoms. The normalized spacial score (nSPS) is 18.1. The summed E-state index contributed by atoms with van der Waals surface area (Å²) < 4.78 is 15.1. The van der Waals surface area contributed by atoms with Crippen LogP contribution in [0.3, 0.4) is 0 Å². The second kappa shape index (κ2) is 6.53. The minimum Gasteiger partial charge on any atom is -0.292 e. The van der Waals surface area contributed by atoms with Gasteiger partial charge in [0.1, 0.15) is 5.82 Å². The minimum absolute atomic E-state index is 0.249. The van der Waals surface area contributed by atoms with Gasteiger partial charge in [-0.1, -0.05) is 12.1 Å². The third-order valence-electron chi connectivity index (χ3n) is 4.53. The number of nitrogens with zero attached hydrogens (tertiary/aromatic N) is 4. The van der Waals surface area contributed by atoms with Gasteiger partial charge in [0.05, 0.1) is 11.9 Å². The number of rotatable bonds is 4. The van der Waals surface area contributed by atoms with Gasteiger partial charge < -0.3 is 0 Å². The Morgan fingerprint density at radius 3 is 2.96 bits per heavy atom. The van der Waals surface area contributed by atoms with Crippen molar-refractivity contribution < 1.29 is 4.39 Å². The second-order valence-corrected chi connectivity index (χ2v) is 6.19. The molecule has 1 aromatic carbocycles. The van der Waals surface area contributed by atoms with Crippen LogP contribution in [0.25, 0.3) is 5.69 Å². The van der Waals surface area contributed by atoms with Crippen LogP contribution in [0.4, 0.5) is 4.39 Å². The molecule has 0 amide bonds. The molecule has 1 aliphatic heterocycles. The van der Waals surface area contributed by atoms with E-state index in [-0.39, 0.29) is 5.82 Å². The zero-order chi connectivity index (χ0) is 16.4. The zero-order valence-electron chi connectivity index (χ0n) is 13.3. The summed E-state index contributed by atoms with van der Waals surface area (Å²) in [5.41, 5.74) is 3.15. The molecule has 0 bridgehead atoms. The van der Waals surface area contributed by atoms with Crippen LogP contribution in [-0.4, -0.2) is 26.2 Å². The van der Waals surface area contributed by atoms with Crippen LogP contribution in [0.15, 0.2) is 61.2 Å². The van der Waals surface area contributed by atoms with Crippen molar-refractivity contribution in [3.8, 4) is 5.69 Å². The summed E-state index contributed by atoms with van der Waals surface area (Å²) >= 11 is 0. The Morgan fingerprint density at radius 2 is 2.12 bits per heavy atom. The summed E-state index contributed by atoms with van der Waals surface area (Å²) in [4.78, 5) is 6.71. The van der Waals surface area contributed by atoms with E-state index in [1.807, 2.05) is 36.9 Å². The number of halogens is 1. The number of hydrogen-bond donors (Lipinski definition) is 0. The third-order valence-corrected chi connectivity index (χ3v) is 4.53. The quantitative estimate of drug-likeness (QED) is 0.734. The van der Waals surface area contributed by atoms with Crippen LogP contribution in [-0.2, 0) is 6.54 Å². The first-order chi connectivity index (χ1) is 11.8. The smallest absolute Gasteiger partial charge is 0.125 e. The average Bonchev–Trinajstić information content (AvgIpc) is 3.26. The van der Waals surface area contributed by atoms with E-state index in [2.05, 4.69) is 21.0 Å². The molecular formula is C19H19FN4. The van der Waals surface area contributed by atoms with E-state index in [1.165, 1.54) is 24.1 Å². The molecule has 1 fully saturated rings. The molecule has 122 valence electrons. The molecule has 4 rings (SSSR count). The van der Waals surface area contributed by atoms with E-state index in [9.17, 15) is 4.39 Å². The SMILES string of the molecule is Fc1cccc(-n2cc(CN3CCCC3c3cccnc3)cn2)c1. The first-order valence-corrected chi connectivity index (χ1v) is 8.23. The molecule has 2 aromatic heterocycles. The van der Waals surface area contributed by atoms with E-state index in [0.717, 1.165) is 30.8 Å². The Bertz CT molecular complexity index is 815. The molecule has 24 heavy (non-hydrogen) atoms. The highest BCUT2D eigenvalue weighted by Crippen LogP contribution is 2.32. The Balaban J connectivity index is 1.51. The van der Waals surface area contributed by atoms with E-state index < -0.39 is 0 Å². The summed E-state index contributed by atoms with van der Waals surface area (Å²) in [5, 5.41) is 4.38. The fraction of sp³-hybridized carbons (Fsp3) is 0.263. The van der Waals surface area contributed by atoms with Crippen molar-refractivity contribution in [1.29, 1.82) is 0 Å². The lowest BCUT2D eigenvalue weighted by molar-refractivity contribution is 0.248. The predicted molar refractivity (Wildman–Crippen MR) is 90.1 cm³/mol. The lowest BCUT2D eigenvalue weighted by Crippen LogP contribution is -2.22. The molecule has 1 aliphatic rings. The van der Waals surface area contributed by atoms with E-state index >= 15 is 0 Å². The maximum atomic E-state index is 13.4. The van der Waals surface area contributed by atoms with Crippen molar-refractivity contribution in [3.63, 3.8) is 0 Å². The van der Waals surface area contributed by atoms with E-state index in [4.69, 9.17) is 0 Å². The van der Waals surface area contributed by atoms with Crippen molar-refractivity contribution in [2.75, 3.05) is 6.54 Å². The van der Waals surface area contributed by atoms with Crippen molar-refractivity contribution >= 4 is 0 Å². The number of likely N-dealkylation sites (tertiary alicyclic amines) is 1. The second-order valence-electron chi connectivity index (χ2n) is 6.19. The molecule has 0 saturated carbocycles. The Morgan fingerprint density at radius 1 is 1.17 bits per heavy atom. The fourth-order valence-corrected chi connectivity index (χ4v) is 3.40. The first kappa shape index (κ1) is 15.0. The van der Waals surface area contributed by atoms with Gasteiger partial charge in [-0.25, -0.2) is 9.07 Å². The molecule has 1 atom stereocenters. The minimum atomic E-state index is -0.249. The Kier molecular flexibility index (Phi) is 4.09. The van der Waals surface area contributed by atoms with Gasteiger partial charge in [-0.05, 0) is 49.2 Å². The summed E-state index contributed by atoms with van der Waals surface area (Å²) in [6.45, 7) is 1.92. The lowest BCUT2D eigenvalue weighted by Gasteiger charge is -2.23. The van der Waals surface area contributed by atoms with Gasteiger partial charge in [-0.2, -0.15) is 5.10 Å². The molecule has 0 N–H and O–H groups in total. The van der Waals surface area contributed by atoms with Crippen LogP contribution in [0.2, 0.25) is 0 Å². The molecule has 3 heterocycles. The topological polar surface area (TPSA) is 34.0 Å². The van der Waals surface area contributed by atoms with Gasteiger partial charge >= 0.3 is 0 Å². The highest BCUT2D eigenvalue weighted by atomic mass is 19.1. The number of aromatic nitrogens is 3. The molecule has 3 aromatic rings. The molecule has 0 spiro atoms. The summed E-state index contributed by atoms with van der Waals surface area (Å²) in [5.74, 6) is -0.249. The summed E-state index contributed by atoms with van der Waals surface area (Å²) in [7, 11) is 0. The van der Waals surface area contributed by atoms with E-state index in [1.54, 1.807) is 10.7 Å². The molecule has 1 unspecified atom stereocenters. The molecule has 0 radical (unpaired) electrons. The van der Waals surface area contributed by atoms with Gasteiger partial charge in [-0.3, -0.25) is 9.88 Å². The van der Waals surface area contributed by atoms with Crippen molar-refractivity contribution in [3.05, 3.63) is 78.1 Å². The number of hydrogen-bond acceptors (Lipinski definition) is 3. The summed E-state index contributed by atoms with van der Waals surface area (Å²) in [6, 6.07) is 11.0.